The maximum Gasteiger partial charge on any atom is 0.260 e. The van der Waals surface area contributed by atoms with Gasteiger partial charge in [-0.05, 0) is 38.4 Å². The Bertz CT molecular complexity index is 1190. The topological polar surface area (TPSA) is 89.0 Å². The molecule has 0 aliphatic carbocycles. The molecule has 1 amide bonds. The summed E-state index contributed by atoms with van der Waals surface area (Å²) in [6.45, 7) is 0.973. The number of benzene rings is 2. The Morgan fingerprint density at radius 2 is 1.69 bits per heavy atom. The molecular weight excluding hydrogens is 474 g/mol. The number of sulfone groups is 1. The van der Waals surface area contributed by atoms with Gasteiger partial charge < -0.3 is 14.4 Å². The van der Waals surface area contributed by atoms with Gasteiger partial charge in [-0.2, -0.15) is 0 Å². The second-order valence-corrected chi connectivity index (χ2v) is 10.2. The highest BCUT2D eigenvalue weighted by atomic mass is 35.5. The summed E-state index contributed by atoms with van der Waals surface area (Å²) in [7, 11) is 3.41. The molecule has 0 aliphatic heterocycles. The van der Waals surface area contributed by atoms with E-state index in [1.165, 1.54) is 31.6 Å². The van der Waals surface area contributed by atoms with Crippen LogP contribution in [0, 0.1) is 0 Å². The molecule has 0 atom stereocenters. The third kappa shape index (κ3) is 5.69. The normalized spacial score (nSPS) is 11.3. The van der Waals surface area contributed by atoms with Crippen molar-refractivity contribution >= 4 is 54.8 Å². The number of hydrogen-bond acceptors (Lipinski definition) is 8. The minimum Gasteiger partial charge on any atom is -0.497 e. The van der Waals surface area contributed by atoms with Crippen LogP contribution >= 0.6 is 23.7 Å². The van der Waals surface area contributed by atoms with E-state index in [0.29, 0.717) is 45.5 Å². The zero-order valence-corrected chi connectivity index (χ0v) is 20.9. The van der Waals surface area contributed by atoms with Crippen LogP contribution in [0.3, 0.4) is 0 Å². The molecule has 32 heavy (non-hydrogen) atoms. The lowest BCUT2D eigenvalue weighted by Crippen LogP contribution is -2.36. The molecule has 2 aromatic carbocycles. The van der Waals surface area contributed by atoms with Gasteiger partial charge in [-0.15, -0.1) is 12.4 Å². The number of methoxy groups -OCH3 is 2. The third-order valence-electron chi connectivity index (χ3n) is 4.62. The van der Waals surface area contributed by atoms with E-state index in [9.17, 15) is 13.2 Å². The highest BCUT2D eigenvalue weighted by molar-refractivity contribution is 7.91. The van der Waals surface area contributed by atoms with Gasteiger partial charge >= 0.3 is 0 Å². The van der Waals surface area contributed by atoms with Gasteiger partial charge in [0.2, 0.25) is 0 Å². The van der Waals surface area contributed by atoms with Crippen molar-refractivity contribution < 1.29 is 22.7 Å². The van der Waals surface area contributed by atoms with Crippen molar-refractivity contribution in [1.82, 2.24) is 9.88 Å². The van der Waals surface area contributed by atoms with E-state index in [2.05, 4.69) is 4.98 Å². The predicted octanol–water partition coefficient (Wildman–Crippen LogP) is 3.35. The second-order valence-electron chi connectivity index (χ2n) is 7.23. The number of amides is 1. The molecule has 0 N–H and O–H groups in total. The number of halogens is 1. The van der Waals surface area contributed by atoms with Gasteiger partial charge in [0.05, 0.1) is 23.8 Å². The van der Waals surface area contributed by atoms with E-state index in [-0.39, 0.29) is 23.2 Å². The molecule has 0 saturated heterocycles. The van der Waals surface area contributed by atoms with Gasteiger partial charge in [-0.3, -0.25) is 9.69 Å². The quantitative estimate of drug-likeness (QED) is 0.469. The Morgan fingerprint density at radius 3 is 2.22 bits per heavy atom. The molecule has 0 bridgehead atoms. The Morgan fingerprint density at radius 1 is 1.06 bits per heavy atom. The lowest BCUT2D eigenvalue weighted by molar-refractivity contribution is 0.0984. The first-order chi connectivity index (χ1) is 14.6. The average Bonchev–Trinajstić information content (AvgIpc) is 3.16. The number of hydrogen-bond donors (Lipinski definition) is 0. The molecule has 8 nitrogen and oxygen atoms in total. The predicted molar refractivity (Wildman–Crippen MR) is 130 cm³/mol. The van der Waals surface area contributed by atoms with Crippen molar-refractivity contribution in [2.75, 3.05) is 52.6 Å². The molecular formula is C21H26ClN3O5S2. The molecule has 0 radical (unpaired) electrons. The highest BCUT2D eigenvalue weighted by Crippen LogP contribution is 2.34. The summed E-state index contributed by atoms with van der Waals surface area (Å²) in [5.74, 6) is 0.719. The van der Waals surface area contributed by atoms with Crippen molar-refractivity contribution in [3.8, 4) is 11.5 Å². The van der Waals surface area contributed by atoms with E-state index >= 15 is 0 Å². The Balaban J connectivity index is 0.00000363. The minimum absolute atomic E-state index is 0. The van der Waals surface area contributed by atoms with Crippen molar-refractivity contribution in [2.45, 2.75) is 4.90 Å². The summed E-state index contributed by atoms with van der Waals surface area (Å²) in [6.07, 6.45) is 1.15. The SMILES string of the molecule is COc1cc(OC)cc(C(=O)N(CCN(C)C)c2nc3c(S(C)(=O)=O)cccc3s2)c1.Cl. The smallest absolute Gasteiger partial charge is 0.260 e. The van der Waals surface area contributed by atoms with Gasteiger partial charge in [-0.25, -0.2) is 13.4 Å². The second kappa shape index (κ2) is 10.5. The fourth-order valence-corrected chi connectivity index (χ4v) is 4.91. The summed E-state index contributed by atoms with van der Waals surface area (Å²) >= 11 is 1.28. The number of ether oxygens (including phenoxy) is 2. The molecule has 0 saturated carbocycles. The van der Waals surface area contributed by atoms with Crippen molar-refractivity contribution in [2.24, 2.45) is 0 Å². The van der Waals surface area contributed by atoms with Crippen LogP contribution in [0.5, 0.6) is 11.5 Å². The minimum atomic E-state index is -3.46. The zero-order chi connectivity index (χ0) is 22.8. The van der Waals surface area contributed by atoms with Crippen LogP contribution in [0.2, 0.25) is 0 Å². The fraction of sp³-hybridized carbons (Fsp3) is 0.333. The molecule has 11 heteroatoms. The number of para-hydroxylation sites is 1. The maximum atomic E-state index is 13.5. The van der Waals surface area contributed by atoms with Crippen molar-refractivity contribution in [3.63, 3.8) is 0 Å². The van der Waals surface area contributed by atoms with Crippen LogP contribution in [0.25, 0.3) is 10.2 Å². The van der Waals surface area contributed by atoms with E-state index in [4.69, 9.17) is 9.47 Å². The van der Waals surface area contributed by atoms with Gasteiger partial charge in [-0.1, -0.05) is 17.4 Å². The fourth-order valence-electron chi connectivity index (χ4n) is 3.00. The summed E-state index contributed by atoms with van der Waals surface area (Å²) in [5.41, 5.74) is 0.758. The van der Waals surface area contributed by atoms with Crippen molar-refractivity contribution in [3.05, 3.63) is 42.0 Å². The van der Waals surface area contributed by atoms with Gasteiger partial charge in [0.15, 0.2) is 15.0 Å². The van der Waals surface area contributed by atoms with E-state index < -0.39 is 9.84 Å². The number of thiazole rings is 1. The van der Waals surface area contributed by atoms with Crippen LogP contribution in [0.15, 0.2) is 41.3 Å². The molecule has 3 aromatic rings. The third-order valence-corrected chi connectivity index (χ3v) is 6.79. The monoisotopic (exact) mass is 499 g/mol. The van der Waals surface area contributed by atoms with Crippen LogP contribution in [0.1, 0.15) is 10.4 Å². The number of rotatable bonds is 8. The van der Waals surface area contributed by atoms with Crippen LogP contribution in [-0.4, -0.2) is 71.9 Å². The Hall–Kier alpha value is -2.40. The molecule has 0 fully saturated rings. The maximum absolute atomic E-state index is 13.5. The van der Waals surface area contributed by atoms with E-state index in [1.807, 2.05) is 19.0 Å². The summed E-state index contributed by atoms with van der Waals surface area (Å²) in [4.78, 5) is 21.7. The van der Waals surface area contributed by atoms with Crippen LogP contribution in [-0.2, 0) is 9.84 Å². The average molecular weight is 500 g/mol. The molecule has 174 valence electrons. The van der Waals surface area contributed by atoms with E-state index in [1.54, 1.807) is 35.2 Å². The van der Waals surface area contributed by atoms with Gasteiger partial charge in [0, 0.05) is 31.0 Å². The zero-order valence-electron chi connectivity index (χ0n) is 18.5. The molecule has 0 aliphatic rings. The number of carbonyl (C=O) groups is 1. The Kier molecular flexibility index (Phi) is 8.47. The highest BCUT2D eigenvalue weighted by Gasteiger charge is 2.24. The summed E-state index contributed by atoms with van der Waals surface area (Å²) in [6, 6.07) is 9.98. The number of fused-ring (bicyclic) bond motifs is 1. The first kappa shape index (κ1) is 25.9. The molecule has 1 heterocycles. The lowest BCUT2D eigenvalue weighted by atomic mass is 10.1. The summed E-state index contributed by atoms with van der Waals surface area (Å²) < 4.78 is 35.7. The van der Waals surface area contributed by atoms with Crippen molar-refractivity contribution in [1.29, 1.82) is 0 Å². The number of anilines is 1. The molecule has 3 rings (SSSR count). The number of nitrogens with zero attached hydrogens (tertiary/aromatic N) is 3. The first-order valence-corrected chi connectivity index (χ1v) is 12.1. The molecule has 0 unspecified atom stereocenters. The lowest BCUT2D eigenvalue weighted by Gasteiger charge is -2.22. The van der Waals surface area contributed by atoms with Gasteiger partial charge in [0.25, 0.3) is 5.91 Å². The molecule has 1 aromatic heterocycles. The standard InChI is InChI=1S/C21H25N3O5S2.ClH/c1-23(2)9-10-24(20(25)14-11-15(28-3)13-16(12-14)29-4)21-22-19-17(30-21)7-6-8-18(19)31(5,26)27;/h6-8,11-13H,9-10H2,1-5H3;1H. The molecule has 0 spiro atoms. The number of carbonyl (C=O) groups excluding carboxylic acids is 1. The van der Waals surface area contributed by atoms with Gasteiger partial charge in [0.1, 0.15) is 17.0 Å². The largest absolute Gasteiger partial charge is 0.497 e. The van der Waals surface area contributed by atoms with Crippen LogP contribution in [0.4, 0.5) is 5.13 Å². The number of likely N-dealkylation sites (N-methyl/N-ethyl adjacent to an activating group) is 1. The summed E-state index contributed by atoms with van der Waals surface area (Å²) in [5, 5.41) is 0.430. The Labute approximate surface area is 198 Å². The number of aromatic nitrogens is 1. The van der Waals surface area contributed by atoms with Crippen LogP contribution < -0.4 is 14.4 Å². The van der Waals surface area contributed by atoms with E-state index in [0.717, 1.165) is 6.26 Å². The first-order valence-electron chi connectivity index (χ1n) is 9.43.